The Morgan fingerprint density at radius 1 is 1.16 bits per heavy atom. The van der Waals surface area contributed by atoms with Crippen LogP contribution in [0.15, 0.2) is 69.7 Å². The third-order valence-corrected chi connectivity index (χ3v) is 7.45. The van der Waals surface area contributed by atoms with Crippen LogP contribution in [0.1, 0.15) is 31.0 Å². The molecule has 1 aliphatic heterocycles. The molecule has 4 aromatic rings. The molecule has 2 aromatic heterocycles. The van der Waals surface area contributed by atoms with Crippen molar-refractivity contribution in [1.29, 1.82) is 0 Å². The van der Waals surface area contributed by atoms with Gasteiger partial charge in [-0.05, 0) is 38.1 Å². The highest BCUT2D eigenvalue weighted by Gasteiger charge is 2.35. The number of carbonyl (C=O) groups excluding carboxylic acids is 1. The van der Waals surface area contributed by atoms with Gasteiger partial charge in [0.05, 0.1) is 36.6 Å². The Morgan fingerprint density at radius 2 is 1.95 bits per heavy atom. The summed E-state index contributed by atoms with van der Waals surface area (Å²) in [5, 5.41) is 1.05. The number of methoxy groups -OCH3 is 2. The second-order valence-corrected chi connectivity index (χ2v) is 9.63. The molecule has 0 saturated heterocycles. The largest absolute Gasteiger partial charge is 0.497 e. The monoisotopic (exact) mass is 517 g/mol. The van der Waals surface area contributed by atoms with Crippen LogP contribution >= 0.6 is 11.3 Å². The van der Waals surface area contributed by atoms with Crippen molar-refractivity contribution >= 4 is 34.3 Å². The van der Waals surface area contributed by atoms with Crippen LogP contribution in [0, 0.1) is 0 Å². The molecule has 0 N–H and O–H groups in total. The average Bonchev–Trinajstić information content (AvgIpc) is 3.38. The summed E-state index contributed by atoms with van der Waals surface area (Å²) in [5.41, 5.74) is 3.20. The van der Waals surface area contributed by atoms with Crippen LogP contribution in [0.4, 0.5) is 0 Å². The van der Waals surface area contributed by atoms with Gasteiger partial charge in [-0.1, -0.05) is 29.5 Å². The van der Waals surface area contributed by atoms with Gasteiger partial charge in [0.2, 0.25) is 0 Å². The Hall–Kier alpha value is -4.11. The van der Waals surface area contributed by atoms with Gasteiger partial charge in [-0.2, -0.15) is 0 Å². The van der Waals surface area contributed by atoms with Crippen LogP contribution in [-0.4, -0.2) is 35.9 Å². The molecule has 0 aliphatic carbocycles. The van der Waals surface area contributed by atoms with Crippen molar-refractivity contribution in [3.05, 3.63) is 90.7 Å². The van der Waals surface area contributed by atoms with Crippen molar-refractivity contribution in [2.45, 2.75) is 19.9 Å². The van der Waals surface area contributed by atoms with Crippen LogP contribution in [0.5, 0.6) is 11.5 Å². The number of fused-ring (bicyclic) bond motifs is 2. The minimum absolute atomic E-state index is 0.202. The van der Waals surface area contributed by atoms with Crippen LogP contribution in [-0.2, 0) is 16.6 Å². The number of aryl methyl sites for hydroxylation is 1. The summed E-state index contributed by atoms with van der Waals surface area (Å²) in [4.78, 5) is 32.3. The molecule has 3 heterocycles. The smallest absolute Gasteiger partial charge is 0.338 e. The Bertz CT molecular complexity index is 1740. The molecule has 0 radical (unpaired) electrons. The molecule has 1 aliphatic rings. The summed E-state index contributed by atoms with van der Waals surface area (Å²) >= 11 is 1.29. The number of hydrogen-bond acceptors (Lipinski definition) is 7. The molecule has 37 heavy (non-hydrogen) atoms. The Kier molecular flexibility index (Phi) is 6.47. The van der Waals surface area contributed by atoms with E-state index in [-0.39, 0.29) is 12.2 Å². The molecule has 2 aromatic carbocycles. The minimum atomic E-state index is -0.772. The fraction of sp³-hybridized carbons (Fsp3) is 0.250. The molecule has 0 fully saturated rings. The molecule has 1 unspecified atom stereocenters. The number of esters is 1. The molecule has 0 saturated carbocycles. The number of nitrogens with zero attached hydrogens (tertiary/aromatic N) is 3. The summed E-state index contributed by atoms with van der Waals surface area (Å²) in [6.45, 7) is 3.71. The highest BCUT2D eigenvalue weighted by Crippen LogP contribution is 2.37. The number of hydrogen-bond donors (Lipinski definition) is 0. The van der Waals surface area contributed by atoms with E-state index in [0.717, 1.165) is 16.5 Å². The first-order valence-corrected chi connectivity index (χ1v) is 12.6. The van der Waals surface area contributed by atoms with Crippen LogP contribution in [0.3, 0.4) is 0 Å². The van der Waals surface area contributed by atoms with Gasteiger partial charge in [-0.3, -0.25) is 9.36 Å². The average molecular weight is 518 g/mol. The minimum Gasteiger partial charge on any atom is -0.497 e. The molecule has 8 nitrogen and oxygen atoms in total. The number of aromatic nitrogens is 2. The molecule has 1 atom stereocenters. The fourth-order valence-corrected chi connectivity index (χ4v) is 5.80. The third-order valence-electron chi connectivity index (χ3n) is 6.47. The molecule has 0 spiro atoms. The summed E-state index contributed by atoms with van der Waals surface area (Å²) in [6.07, 6.45) is 3.89. The lowest BCUT2D eigenvalue weighted by Crippen LogP contribution is -2.40. The highest BCUT2D eigenvalue weighted by molar-refractivity contribution is 7.07. The Balaban J connectivity index is 1.78. The summed E-state index contributed by atoms with van der Waals surface area (Å²) in [5.74, 6) is 0.571. The standard InChI is InChI=1S/C28H27N3O5S/c1-6-36-27(33)24-16(2)29-28-31(25(24)20-12-11-18(34-4)14-22(20)35-5)26(32)23(37-28)13-17-15-30(3)21-10-8-7-9-19(17)21/h7-15,25H,6H2,1-5H3/b23-13+. The second kappa shape index (κ2) is 9.74. The van der Waals surface area contributed by atoms with Crippen molar-refractivity contribution in [3.63, 3.8) is 0 Å². The van der Waals surface area contributed by atoms with Crippen molar-refractivity contribution in [2.24, 2.45) is 12.0 Å². The zero-order chi connectivity index (χ0) is 26.3. The van der Waals surface area contributed by atoms with Crippen molar-refractivity contribution in [2.75, 3.05) is 20.8 Å². The van der Waals surface area contributed by atoms with Gasteiger partial charge in [0.25, 0.3) is 5.56 Å². The van der Waals surface area contributed by atoms with E-state index in [2.05, 4.69) is 4.99 Å². The predicted octanol–water partition coefficient (Wildman–Crippen LogP) is 3.31. The number of thiazole rings is 1. The number of benzene rings is 2. The van der Waals surface area contributed by atoms with E-state index in [9.17, 15) is 9.59 Å². The highest BCUT2D eigenvalue weighted by atomic mass is 32.1. The second-order valence-electron chi connectivity index (χ2n) is 8.62. The molecule has 0 amide bonds. The zero-order valence-electron chi connectivity index (χ0n) is 21.3. The maximum atomic E-state index is 13.9. The molecule has 9 heteroatoms. The maximum absolute atomic E-state index is 13.9. The zero-order valence-corrected chi connectivity index (χ0v) is 22.1. The Labute approximate surface area is 217 Å². The number of para-hydroxylation sites is 1. The van der Waals surface area contributed by atoms with Crippen LogP contribution < -0.4 is 24.4 Å². The van der Waals surface area contributed by atoms with E-state index >= 15 is 0 Å². The van der Waals surface area contributed by atoms with Gasteiger partial charge in [0, 0.05) is 41.3 Å². The van der Waals surface area contributed by atoms with E-state index in [0.29, 0.717) is 37.7 Å². The lowest BCUT2D eigenvalue weighted by atomic mass is 9.95. The summed E-state index contributed by atoms with van der Waals surface area (Å²) in [7, 11) is 5.09. The number of ether oxygens (including phenoxy) is 3. The lowest BCUT2D eigenvalue weighted by Gasteiger charge is -2.26. The van der Waals surface area contributed by atoms with E-state index in [1.807, 2.05) is 54.2 Å². The van der Waals surface area contributed by atoms with Crippen molar-refractivity contribution < 1.29 is 19.0 Å². The van der Waals surface area contributed by atoms with Gasteiger partial charge in [0.15, 0.2) is 4.80 Å². The van der Waals surface area contributed by atoms with Gasteiger partial charge >= 0.3 is 5.97 Å². The Morgan fingerprint density at radius 3 is 2.68 bits per heavy atom. The summed E-state index contributed by atoms with van der Waals surface area (Å²) in [6, 6.07) is 12.6. The first-order chi connectivity index (χ1) is 17.9. The van der Waals surface area contributed by atoms with E-state index in [4.69, 9.17) is 14.2 Å². The van der Waals surface area contributed by atoms with Gasteiger partial charge in [-0.25, -0.2) is 9.79 Å². The van der Waals surface area contributed by atoms with E-state index in [1.165, 1.54) is 11.3 Å². The van der Waals surface area contributed by atoms with Crippen molar-refractivity contribution in [1.82, 2.24) is 9.13 Å². The molecule has 0 bridgehead atoms. The number of allylic oxidation sites excluding steroid dienone is 1. The predicted molar refractivity (Wildman–Crippen MR) is 143 cm³/mol. The maximum Gasteiger partial charge on any atom is 0.338 e. The number of carbonyl (C=O) groups is 1. The first-order valence-electron chi connectivity index (χ1n) is 11.8. The van der Waals surface area contributed by atoms with Crippen LogP contribution in [0.2, 0.25) is 0 Å². The lowest BCUT2D eigenvalue weighted by molar-refractivity contribution is -0.139. The number of rotatable bonds is 6. The molecule has 190 valence electrons. The summed E-state index contributed by atoms with van der Waals surface area (Å²) < 4.78 is 20.5. The van der Waals surface area contributed by atoms with Gasteiger partial charge in [0.1, 0.15) is 17.5 Å². The molecular formula is C28H27N3O5S. The molecule has 5 rings (SSSR count). The first kappa shape index (κ1) is 24.6. The van der Waals surface area contributed by atoms with Gasteiger partial charge < -0.3 is 18.8 Å². The SMILES string of the molecule is CCOC(=O)C1=C(C)N=c2s/c(=C/c3cn(C)c4ccccc34)c(=O)n2C1c1ccc(OC)cc1OC. The topological polar surface area (TPSA) is 84.1 Å². The van der Waals surface area contributed by atoms with Gasteiger partial charge in [-0.15, -0.1) is 0 Å². The van der Waals surface area contributed by atoms with Crippen LogP contribution in [0.25, 0.3) is 17.0 Å². The molecular weight excluding hydrogens is 490 g/mol. The van der Waals surface area contributed by atoms with E-state index in [1.54, 1.807) is 44.8 Å². The van der Waals surface area contributed by atoms with E-state index < -0.39 is 12.0 Å². The normalized spacial score (nSPS) is 15.5. The third kappa shape index (κ3) is 4.15. The van der Waals surface area contributed by atoms with Crippen molar-refractivity contribution in [3.8, 4) is 11.5 Å². The quantitative estimate of drug-likeness (QED) is 0.367. The fourth-order valence-electron chi connectivity index (χ4n) is 4.76.